The van der Waals surface area contributed by atoms with Crippen LogP contribution in [0.4, 0.5) is 17.6 Å². The third-order valence-corrected chi connectivity index (χ3v) is 1.82. The fourth-order valence-corrected chi connectivity index (χ4v) is 0.986. The van der Waals surface area contributed by atoms with Gasteiger partial charge in [-0.15, -0.1) is 0 Å². The molecule has 1 heterocycles. The topological polar surface area (TPSA) is 59.7 Å². The van der Waals surface area contributed by atoms with E-state index in [-0.39, 0.29) is 11.3 Å². The molecule has 17 heavy (non-hydrogen) atoms. The van der Waals surface area contributed by atoms with Crippen LogP contribution >= 0.6 is 0 Å². The van der Waals surface area contributed by atoms with Crippen LogP contribution in [0.15, 0.2) is 16.7 Å². The first-order valence-corrected chi connectivity index (χ1v) is 4.38. The average Bonchev–Trinajstić information content (AvgIpc) is 2.65. The van der Waals surface area contributed by atoms with Crippen LogP contribution in [0.5, 0.6) is 0 Å². The Kier molecular flexibility index (Phi) is 4.11. The number of aromatic carboxylic acids is 1. The first-order chi connectivity index (χ1) is 7.84. The fraction of sp³-hybridized carbons (Fsp3) is 0.444. The van der Waals surface area contributed by atoms with Crippen LogP contribution < -0.4 is 0 Å². The summed E-state index contributed by atoms with van der Waals surface area (Å²) in [4.78, 5) is 10.6. The normalized spacial score (nSPS) is 12.1. The largest absolute Gasteiger partial charge is 0.478 e. The van der Waals surface area contributed by atoms with Gasteiger partial charge in [0.05, 0.1) is 6.26 Å². The first kappa shape index (κ1) is 13.5. The SMILES string of the molecule is O=C(O)c1ccoc1COCC(F)(F)C(F)F. The van der Waals surface area contributed by atoms with Crippen molar-refractivity contribution >= 4 is 5.97 Å². The lowest BCUT2D eigenvalue weighted by Crippen LogP contribution is -2.32. The van der Waals surface area contributed by atoms with E-state index in [4.69, 9.17) is 5.11 Å². The predicted octanol–water partition coefficient (Wildman–Crippen LogP) is 2.39. The van der Waals surface area contributed by atoms with E-state index >= 15 is 0 Å². The molecule has 0 aromatic carbocycles. The average molecular weight is 256 g/mol. The highest BCUT2D eigenvalue weighted by molar-refractivity contribution is 5.88. The van der Waals surface area contributed by atoms with Crippen molar-refractivity contribution in [3.05, 3.63) is 23.7 Å². The molecular weight excluding hydrogens is 248 g/mol. The van der Waals surface area contributed by atoms with Crippen molar-refractivity contribution in [2.24, 2.45) is 0 Å². The summed E-state index contributed by atoms with van der Waals surface area (Å²) >= 11 is 0. The van der Waals surface area contributed by atoms with Gasteiger partial charge < -0.3 is 14.3 Å². The van der Waals surface area contributed by atoms with Crippen molar-refractivity contribution in [2.45, 2.75) is 19.0 Å². The molecule has 0 saturated heterocycles. The maximum absolute atomic E-state index is 12.4. The van der Waals surface area contributed by atoms with Crippen LogP contribution in [0, 0.1) is 0 Å². The van der Waals surface area contributed by atoms with Crippen molar-refractivity contribution in [1.29, 1.82) is 0 Å². The van der Waals surface area contributed by atoms with Crippen molar-refractivity contribution in [3.63, 3.8) is 0 Å². The van der Waals surface area contributed by atoms with E-state index in [1.165, 1.54) is 0 Å². The lowest BCUT2D eigenvalue weighted by atomic mass is 10.2. The summed E-state index contributed by atoms with van der Waals surface area (Å²) in [6.07, 6.45) is -2.80. The highest BCUT2D eigenvalue weighted by atomic mass is 19.3. The van der Waals surface area contributed by atoms with Gasteiger partial charge in [-0.25, -0.2) is 13.6 Å². The number of alkyl halides is 4. The van der Waals surface area contributed by atoms with E-state index < -0.39 is 31.5 Å². The Morgan fingerprint density at radius 2 is 2.18 bits per heavy atom. The van der Waals surface area contributed by atoms with Crippen LogP contribution in [0.2, 0.25) is 0 Å². The molecule has 0 aliphatic heterocycles. The zero-order valence-electron chi connectivity index (χ0n) is 8.33. The Labute approximate surface area is 92.8 Å². The molecule has 4 nitrogen and oxygen atoms in total. The van der Waals surface area contributed by atoms with E-state index in [0.29, 0.717) is 0 Å². The zero-order chi connectivity index (χ0) is 13.1. The maximum Gasteiger partial charge on any atom is 0.339 e. The summed E-state index contributed by atoms with van der Waals surface area (Å²) in [7, 11) is 0. The van der Waals surface area contributed by atoms with Gasteiger partial charge in [0, 0.05) is 0 Å². The third-order valence-electron chi connectivity index (χ3n) is 1.82. The summed E-state index contributed by atoms with van der Waals surface area (Å²) in [5, 5.41) is 8.62. The summed E-state index contributed by atoms with van der Waals surface area (Å²) in [6, 6.07) is 1.10. The number of halogens is 4. The molecule has 96 valence electrons. The summed E-state index contributed by atoms with van der Waals surface area (Å²) < 4.78 is 57.3. The standard InChI is InChI=1S/C9H8F4O4/c10-8(11)9(12,13)4-16-3-6-5(7(14)15)1-2-17-6/h1-2,8H,3-4H2,(H,14,15). The lowest BCUT2D eigenvalue weighted by molar-refractivity contribution is -0.169. The van der Waals surface area contributed by atoms with Crippen LogP contribution in [-0.2, 0) is 11.3 Å². The third kappa shape index (κ3) is 3.45. The van der Waals surface area contributed by atoms with Crippen LogP contribution in [0.1, 0.15) is 16.1 Å². The summed E-state index contributed by atoms with van der Waals surface area (Å²) in [6.45, 7) is -2.12. The Balaban J connectivity index is 2.52. The lowest BCUT2D eigenvalue weighted by Gasteiger charge is -2.14. The predicted molar refractivity (Wildman–Crippen MR) is 46.3 cm³/mol. The molecule has 0 spiro atoms. The van der Waals surface area contributed by atoms with Gasteiger partial charge in [-0.05, 0) is 6.07 Å². The van der Waals surface area contributed by atoms with Gasteiger partial charge in [0.1, 0.15) is 24.5 Å². The van der Waals surface area contributed by atoms with E-state index in [1.807, 2.05) is 0 Å². The van der Waals surface area contributed by atoms with Crippen LogP contribution in [0.25, 0.3) is 0 Å². The number of hydrogen-bond acceptors (Lipinski definition) is 3. The van der Waals surface area contributed by atoms with E-state index in [1.54, 1.807) is 0 Å². The molecule has 0 amide bonds. The minimum absolute atomic E-state index is 0.206. The van der Waals surface area contributed by atoms with Gasteiger partial charge in [0.15, 0.2) is 0 Å². The van der Waals surface area contributed by atoms with Gasteiger partial charge >= 0.3 is 18.3 Å². The number of carboxylic acid groups (broad SMARTS) is 1. The quantitative estimate of drug-likeness (QED) is 0.794. The van der Waals surface area contributed by atoms with Gasteiger partial charge in [-0.2, -0.15) is 8.78 Å². The Hall–Kier alpha value is -1.57. The number of hydrogen-bond donors (Lipinski definition) is 1. The number of carboxylic acids is 1. The number of furan rings is 1. The van der Waals surface area contributed by atoms with Gasteiger partial charge in [0.25, 0.3) is 0 Å². The van der Waals surface area contributed by atoms with Gasteiger partial charge in [-0.1, -0.05) is 0 Å². The van der Waals surface area contributed by atoms with E-state index in [0.717, 1.165) is 12.3 Å². The van der Waals surface area contributed by atoms with Crippen molar-refractivity contribution in [3.8, 4) is 0 Å². The van der Waals surface area contributed by atoms with Crippen LogP contribution in [0.3, 0.4) is 0 Å². The Morgan fingerprint density at radius 1 is 1.53 bits per heavy atom. The molecule has 0 aliphatic carbocycles. The second-order valence-electron chi connectivity index (χ2n) is 3.12. The molecule has 1 N–H and O–H groups in total. The minimum Gasteiger partial charge on any atom is -0.478 e. The first-order valence-electron chi connectivity index (χ1n) is 4.38. The molecule has 0 saturated carbocycles. The molecular formula is C9H8F4O4. The van der Waals surface area contributed by atoms with Crippen molar-refractivity contribution in [2.75, 3.05) is 6.61 Å². The zero-order valence-corrected chi connectivity index (χ0v) is 8.33. The van der Waals surface area contributed by atoms with E-state index in [9.17, 15) is 22.4 Å². The molecule has 8 heteroatoms. The number of carbonyl (C=O) groups is 1. The van der Waals surface area contributed by atoms with E-state index in [2.05, 4.69) is 9.15 Å². The fourth-order valence-electron chi connectivity index (χ4n) is 0.986. The monoisotopic (exact) mass is 256 g/mol. The highest BCUT2D eigenvalue weighted by Gasteiger charge is 2.41. The molecule has 1 rings (SSSR count). The second kappa shape index (κ2) is 5.17. The number of ether oxygens (including phenoxy) is 1. The smallest absolute Gasteiger partial charge is 0.339 e. The summed E-state index contributed by atoms with van der Waals surface area (Å²) in [5.74, 6) is -5.80. The molecule has 1 aromatic rings. The second-order valence-corrected chi connectivity index (χ2v) is 3.12. The Bertz CT molecular complexity index is 388. The molecule has 1 aromatic heterocycles. The molecule has 0 aliphatic rings. The van der Waals surface area contributed by atoms with Crippen molar-refractivity contribution < 1.29 is 36.6 Å². The molecule has 0 fully saturated rings. The van der Waals surface area contributed by atoms with Crippen LogP contribution in [-0.4, -0.2) is 30.0 Å². The molecule has 0 atom stereocenters. The van der Waals surface area contributed by atoms with Crippen molar-refractivity contribution in [1.82, 2.24) is 0 Å². The number of rotatable bonds is 6. The van der Waals surface area contributed by atoms with Gasteiger partial charge in [0.2, 0.25) is 0 Å². The summed E-state index contributed by atoms with van der Waals surface area (Å²) in [5.41, 5.74) is -0.259. The maximum atomic E-state index is 12.4. The van der Waals surface area contributed by atoms with Gasteiger partial charge in [-0.3, -0.25) is 0 Å². The molecule has 0 bridgehead atoms. The Morgan fingerprint density at radius 3 is 2.71 bits per heavy atom. The molecule has 0 unspecified atom stereocenters. The minimum atomic E-state index is -4.27. The highest BCUT2D eigenvalue weighted by Crippen LogP contribution is 2.23. The molecule has 0 radical (unpaired) electrons.